The molecule has 0 saturated carbocycles. The van der Waals surface area contributed by atoms with Crippen LogP contribution in [0.5, 0.6) is 5.75 Å². The standard InChI is InChI=1S/C24H20N6O4S/c31-23(27-25-15-18-11-13-20(14-12-18)30(32)33)17-35-24-28-26-22(16-34-21-9-5-2-6-10-21)29(24)19-7-3-1-4-8-19/h1-15H,16-17H2,(H,27,31)/b25-15+. The normalized spacial score (nSPS) is 10.9. The van der Waals surface area contributed by atoms with Crippen LogP contribution in [0.3, 0.4) is 0 Å². The fourth-order valence-electron chi connectivity index (χ4n) is 3.01. The van der Waals surface area contributed by atoms with Crippen molar-refractivity contribution in [2.24, 2.45) is 5.10 Å². The van der Waals surface area contributed by atoms with Crippen LogP contribution in [0.25, 0.3) is 5.69 Å². The molecule has 11 heteroatoms. The maximum Gasteiger partial charge on any atom is 0.269 e. The summed E-state index contributed by atoms with van der Waals surface area (Å²) in [5.41, 5.74) is 3.90. The first-order valence-corrected chi connectivity index (χ1v) is 11.5. The lowest BCUT2D eigenvalue weighted by Gasteiger charge is -2.11. The molecular formula is C24H20N6O4S. The zero-order chi connectivity index (χ0) is 24.5. The van der Waals surface area contributed by atoms with Crippen molar-refractivity contribution in [3.05, 3.63) is 106 Å². The predicted octanol–water partition coefficient (Wildman–Crippen LogP) is 4.00. The van der Waals surface area contributed by atoms with E-state index in [2.05, 4.69) is 20.7 Å². The minimum Gasteiger partial charge on any atom is -0.486 e. The molecule has 0 saturated heterocycles. The molecule has 3 aromatic carbocycles. The van der Waals surface area contributed by atoms with Gasteiger partial charge in [-0.2, -0.15) is 5.10 Å². The summed E-state index contributed by atoms with van der Waals surface area (Å²) in [6.45, 7) is 0.207. The number of benzene rings is 3. The van der Waals surface area contributed by atoms with Gasteiger partial charge < -0.3 is 4.74 Å². The maximum absolute atomic E-state index is 12.3. The molecule has 1 N–H and O–H groups in total. The number of carbonyl (C=O) groups excluding carboxylic acids is 1. The summed E-state index contributed by atoms with van der Waals surface area (Å²) in [7, 11) is 0. The third kappa shape index (κ3) is 6.51. The molecule has 4 rings (SSSR count). The van der Waals surface area contributed by atoms with Crippen molar-refractivity contribution in [3.63, 3.8) is 0 Å². The zero-order valence-corrected chi connectivity index (χ0v) is 19.2. The zero-order valence-electron chi connectivity index (χ0n) is 18.4. The van der Waals surface area contributed by atoms with Gasteiger partial charge in [0.2, 0.25) is 0 Å². The number of ether oxygens (including phenoxy) is 1. The number of aromatic nitrogens is 3. The van der Waals surface area contributed by atoms with E-state index in [0.717, 1.165) is 11.4 Å². The maximum atomic E-state index is 12.3. The average molecular weight is 489 g/mol. The molecule has 176 valence electrons. The summed E-state index contributed by atoms with van der Waals surface area (Å²) in [6.07, 6.45) is 1.41. The summed E-state index contributed by atoms with van der Waals surface area (Å²) in [6, 6.07) is 24.8. The molecule has 0 aliphatic rings. The van der Waals surface area contributed by atoms with Gasteiger partial charge in [-0.3, -0.25) is 19.5 Å². The van der Waals surface area contributed by atoms with E-state index in [1.807, 2.05) is 65.2 Å². The van der Waals surface area contributed by atoms with Gasteiger partial charge in [-0.25, -0.2) is 5.43 Å². The number of hydrogen-bond acceptors (Lipinski definition) is 8. The van der Waals surface area contributed by atoms with Crippen LogP contribution >= 0.6 is 11.8 Å². The molecule has 0 aliphatic heterocycles. The van der Waals surface area contributed by atoms with Gasteiger partial charge in [0.1, 0.15) is 12.4 Å². The van der Waals surface area contributed by atoms with Crippen LogP contribution in [0.2, 0.25) is 0 Å². The van der Waals surface area contributed by atoms with E-state index in [1.54, 1.807) is 12.1 Å². The van der Waals surface area contributed by atoms with Crippen LogP contribution in [-0.2, 0) is 11.4 Å². The third-order valence-electron chi connectivity index (χ3n) is 4.67. The van der Waals surface area contributed by atoms with Gasteiger partial charge in [0.25, 0.3) is 11.6 Å². The fourth-order valence-corrected chi connectivity index (χ4v) is 3.77. The second-order valence-corrected chi connectivity index (χ2v) is 8.04. The number of nitrogens with zero attached hydrogens (tertiary/aromatic N) is 5. The van der Waals surface area contributed by atoms with Gasteiger partial charge in [0.05, 0.1) is 16.9 Å². The molecule has 0 fully saturated rings. The Labute approximate surface area is 204 Å². The molecule has 0 aliphatic carbocycles. The number of thioether (sulfide) groups is 1. The lowest BCUT2D eigenvalue weighted by atomic mass is 10.2. The van der Waals surface area contributed by atoms with Crippen LogP contribution in [0, 0.1) is 10.1 Å². The number of nitro benzene ring substituents is 1. The molecule has 4 aromatic rings. The molecule has 1 amide bonds. The van der Waals surface area contributed by atoms with Crippen molar-refractivity contribution in [2.45, 2.75) is 11.8 Å². The minimum atomic E-state index is -0.479. The molecular weight excluding hydrogens is 468 g/mol. The number of carbonyl (C=O) groups is 1. The quantitative estimate of drug-likeness (QED) is 0.155. The molecule has 0 atom stereocenters. The largest absolute Gasteiger partial charge is 0.486 e. The summed E-state index contributed by atoms with van der Waals surface area (Å²) in [4.78, 5) is 22.5. The van der Waals surface area contributed by atoms with Crippen LogP contribution in [0.4, 0.5) is 5.69 Å². The second kappa shape index (κ2) is 11.6. The van der Waals surface area contributed by atoms with E-state index >= 15 is 0 Å². The van der Waals surface area contributed by atoms with E-state index < -0.39 is 4.92 Å². The fraction of sp³-hybridized carbons (Fsp3) is 0.0833. The number of nitro groups is 1. The van der Waals surface area contributed by atoms with Crippen molar-refractivity contribution in [1.29, 1.82) is 0 Å². The summed E-state index contributed by atoms with van der Waals surface area (Å²) >= 11 is 1.22. The number of nitrogens with one attached hydrogen (secondary N) is 1. The Morgan fingerprint density at radius 2 is 1.71 bits per heavy atom. The highest BCUT2D eigenvalue weighted by Gasteiger charge is 2.16. The molecule has 0 spiro atoms. The van der Waals surface area contributed by atoms with Gasteiger partial charge in [0.15, 0.2) is 11.0 Å². The first-order valence-electron chi connectivity index (χ1n) is 10.5. The molecule has 0 unspecified atom stereocenters. The van der Waals surface area contributed by atoms with Gasteiger partial charge >= 0.3 is 0 Å². The van der Waals surface area contributed by atoms with Crippen LogP contribution in [0.1, 0.15) is 11.4 Å². The average Bonchev–Trinajstić information content (AvgIpc) is 3.30. The Hall–Kier alpha value is -4.51. The number of amides is 1. The van der Waals surface area contributed by atoms with Crippen molar-refractivity contribution in [2.75, 3.05) is 5.75 Å². The van der Waals surface area contributed by atoms with Gasteiger partial charge in [-0.15, -0.1) is 10.2 Å². The minimum absolute atomic E-state index is 0.0151. The number of rotatable bonds is 10. The van der Waals surface area contributed by atoms with Crippen molar-refractivity contribution in [3.8, 4) is 11.4 Å². The number of hydrogen-bond donors (Lipinski definition) is 1. The SMILES string of the molecule is O=C(CSc1nnc(COc2ccccc2)n1-c1ccccc1)N/N=C/c1ccc([N+](=O)[O-])cc1. The molecule has 35 heavy (non-hydrogen) atoms. The van der Waals surface area contributed by atoms with E-state index in [1.165, 1.54) is 30.1 Å². The lowest BCUT2D eigenvalue weighted by Crippen LogP contribution is -2.20. The van der Waals surface area contributed by atoms with Gasteiger partial charge in [-0.1, -0.05) is 48.2 Å². The molecule has 0 radical (unpaired) electrons. The molecule has 0 bridgehead atoms. The van der Waals surface area contributed by atoms with E-state index in [-0.39, 0.29) is 24.0 Å². The van der Waals surface area contributed by atoms with E-state index in [0.29, 0.717) is 16.5 Å². The van der Waals surface area contributed by atoms with Gasteiger partial charge in [-0.05, 0) is 42.0 Å². The topological polar surface area (TPSA) is 125 Å². The number of non-ortho nitro benzene ring substituents is 1. The smallest absolute Gasteiger partial charge is 0.269 e. The van der Waals surface area contributed by atoms with Crippen LogP contribution in [0.15, 0.2) is 95.2 Å². The first kappa shape index (κ1) is 23.6. The third-order valence-corrected chi connectivity index (χ3v) is 5.59. The summed E-state index contributed by atoms with van der Waals surface area (Å²) in [5, 5.41) is 23.7. The Bertz CT molecular complexity index is 1310. The van der Waals surface area contributed by atoms with Gasteiger partial charge in [0, 0.05) is 17.8 Å². The van der Waals surface area contributed by atoms with Crippen molar-refractivity contribution in [1.82, 2.24) is 20.2 Å². The Morgan fingerprint density at radius 1 is 1.03 bits per heavy atom. The molecule has 1 heterocycles. The lowest BCUT2D eigenvalue weighted by molar-refractivity contribution is -0.384. The van der Waals surface area contributed by atoms with E-state index in [4.69, 9.17) is 4.74 Å². The first-order chi connectivity index (χ1) is 17.1. The van der Waals surface area contributed by atoms with Crippen LogP contribution in [-0.4, -0.2) is 37.6 Å². The Balaban J connectivity index is 1.39. The highest BCUT2D eigenvalue weighted by Crippen LogP contribution is 2.23. The highest BCUT2D eigenvalue weighted by atomic mass is 32.2. The molecule has 1 aromatic heterocycles. The second-order valence-electron chi connectivity index (χ2n) is 7.10. The summed E-state index contributed by atoms with van der Waals surface area (Å²) < 4.78 is 7.69. The monoisotopic (exact) mass is 488 g/mol. The number of para-hydroxylation sites is 2. The van der Waals surface area contributed by atoms with Crippen LogP contribution < -0.4 is 10.2 Å². The highest BCUT2D eigenvalue weighted by molar-refractivity contribution is 7.99. The van der Waals surface area contributed by atoms with Crippen molar-refractivity contribution >= 4 is 29.6 Å². The Morgan fingerprint density at radius 3 is 2.40 bits per heavy atom. The predicted molar refractivity (Wildman–Crippen MR) is 132 cm³/mol. The Kier molecular flexibility index (Phi) is 7.81. The number of hydrazone groups is 1. The van der Waals surface area contributed by atoms with E-state index in [9.17, 15) is 14.9 Å². The van der Waals surface area contributed by atoms with Crippen molar-refractivity contribution < 1.29 is 14.5 Å². The summed E-state index contributed by atoms with van der Waals surface area (Å²) in [5.74, 6) is 1.04. The molecule has 10 nitrogen and oxygen atoms in total.